The number of rotatable bonds is 4. The Morgan fingerprint density at radius 1 is 0.750 bits per heavy atom. The van der Waals surface area contributed by atoms with Gasteiger partial charge in [-0.2, -0.15) is 8.07 Å². The van der Waals surface area contributed by atoms with Crippen molar-refractivity contribution in [2.24, 2.45) is 0 Å². The third kappa shape index (κ3) is 3.97. The molecule has 1 saturated carbocycles. The third-order valence-corrected chi connectivity index (χ3v) is 5.74. The summed E-state index contributed by atoms with van der Waals surface area (Å²) in [6.07, 6.45) is 5.25. The van der Waals surface area contributed by atoms with Crippen LogP contribution in [0.15, 0.2) is 60.7 Å². The fourth-order valence-corrected chi connectivity index (χ4v) is 4.64. The molecule has 0 saturated heterocycles. The number of hydrogen-bond acceptors (Lipinski definition) is 0. The molecule has 2 aromatic rings. The minimum atomic E-state index is -0.537. The van der Waals surface area contributed by atoms with Crippen molar-refractivity contribution in [3.63, 3.8) is 0 Å². The molecular formula is C17H19LiNP. The smallest absolute Gasteiger partial charge is 0.626 e. The molecule has 0 heterocycles. The van der Waals surface area contributed by atoms with Crippen LogP contribution in [0.1, 0.15) is 25.7 Å². The van der Waals surface area contributed by atoms with Gasteiger partial charge in [-0.15, -0.1) is 6.04 Å². The average Bonchev–Trinajstić information content (AvgIpc) is 3.00. The van der Waals surface area contributed by atoms with E-state index in [1.165, 1.54) is 36.3 Å². The molecule has 1 fully saturated rings. The van der Waals surface area contributed by atoms with Gasteiger partial charge in [0.15, 0.2) is 0 Å². The van der Waals surface area contributed by atoms with Crippen molar-refractivity contribution in [2.45, 2.75) is 31.7 Å². The van der Waals surface area contributed by atoms with E-state index in [9.17, 15) is 0 Å². The molecule has 0 spiro atoms. The first-order chi connectivity index (χ1) is 9.43. The van der Waals surface area contributed by atoms with Crippen LogP contribution in [0.25, 0.3) is 5.09 Å². The summed E-state index contributed by atoms with van der Waals surface area (Å²) in [5.41, 5.74) is 0. The Kier molecular flexibility index (Phi) is 6.33. The van der Waals surface area contributed by atoms with Gasteiger partial charge in [0.05, 0.1) is 0 Å². The molecule has 0 N–H and O–H groups in total. The maximum Gasteiger partial charge on any atom is 1.00 e. The first-order valence-electron chi connectivity index (χ1n) is 7.04. The summed E-state index contributed by atoms with van der Waals surface area (Å²) in [5.74, 6) is 0. The molecule has 98 valence electrons. The minimum absolute atomic E-state index is 0. The molecule has 1 aliphatic rings. The van der Waals surface area contributed by atoms with Crippen LogP contribution in [0.3, 0.4) is 0 Å². The van der Waals surface area contributed by atoms with E-state index < -0.39 is 8.07 Å². The van der Waals surface area contributed by atoms with Gasteiger partial charge < -0.3 is 5.09 Å². The standard InChI is InChI=1S/C17H19NP.Li/c1-3-11-16(12-4-1)19(17-13-5-2-6-14-17)18-15-9-7-8-10-15;/h1-6,11-15H,7-10H2;/q-1;+1. The van der Waals surface area contributed by atoms with Crippen molar-refractivity contribution in [3.8, 4) is 0 Å². The fraction of sp³-hybridized carbons (Fsp3) is 0.294. The van der Waals surface area contributed by atoms with E-state index in [-0.39, 0.29) is 18.9 Å². The van der Waals surface area contributed by atoms with Crippen LogP contribution in [0.4, 0.5) is 0 Å². The van der Waals surface area contributed by atoms with Crippen LogP contribution in [0, 0.1) is 0 Å². The number of hydrogen-bond donors (Lipinski definition) is 0. The second-order valence-electron chi connectivity index (χ2n) is 5.04. The normalized spacial score (nSPS) is 15.2. The van der Waals surface area contributed by atoms with Crippen LogP contribution >= 0.6 is 8.07 Å². The molecule has 0 aliphatic heterocycles. The van der Waals surface area contributed by atoms with E-state index in [4.69, 9.17) is 5.09 Å². The van der Waals surface area contributed by atoms with E-state index in [1.807, 2.05) is 0 Å². The zero-order valence-corrected chi connectivity index (χ0v) is 13.0. The van der Waals surface area contributed by atoms with Gasteiger partial charge >= 0.3 is 18.9 Å². The zero-order valence-electron chi connectivity index (χ0n) is 12.1. The van der Waals surface area contributed by atoms with Crippen LogP contribution < -0.4 is 29.5 Å². The molecular weight excluding hydrogens is 256 g/mol. The monoisotopic (exact) mass is 275 g/mol. The zero-order chi connectivity index (χ0) is 12.9. The second kappa shape index (κ2) is 8.01. The Labute approximate surface area is 135 Å². The summed E-state index contributed by atoms with van der Waals surface area (Å²) in [5, 5.41) is 7.92. The molecule has 0 aromatic heterocycles. The van der Waals surface area contributed by atoms with Crippen molar-refractivity contribution in [1.82, 2.24) is 0 Å². The molecule has 1 aliphatic carbocycles. The van der Waals surface area contributed by atoms with E-state index in [2.05, 4.69) is 60.7 Å². The summed E-state index contributed by atoms with van der Waals surface area (Å²) in [4.78, 5) is 0. The summed E-state index contributed by atoms with van der Waals surface area (Å²) in [6, 6.07) is 22.1. The van der Waals surface area contributed by atoms with Crippen molar-refractivity contribution >= 4 is 18.7 Å². The predicted octanol–water partition coefficient (Wildman–Crippen LogP) is 1.35. The van der Waals surface area contributed by atoms with Crippen molar-refractivity contribution in [3.05, 3.63) is 65.8 Å². The fourth-order valence-electron chi connectivity index (χ4n) is 2.60. The Bertz CT molecular complexity index is 457. The summed E-state index contributed by atoms with van der Waals surface area (Å²) < 4.78 is 0. The third-order valence-electron chi connectivity index (χ3n) is 3.60. The van der Waals surface area contributed by atoms with Gasteiger partial charge in [0, 0.05) is 0 Å². The summed E-state index contributed by atoms with van der Waals surface area (Å²) in [6.45, 7) is 0. The Balaban J connectivity index is 0.00000147. The van der Waals surface area contributed by atoms with E-state index in [0.29, 0.717) is 6.04 Å². The molecule has 20 heavy (non-hydrogen) atoms. The SMILES string of the molecule is [Li+].c1ccc(P([N-]C2CCCC2)c2ccccc2)cc1. The number of benzene rings is 2. The minimum Gasteiger partial charge on any atom is -0.626 e. The van der Waals surface area contributed by atoms with Gasteiger partial charge in [-0.25, -0.2) is 0 Å². The van der Waals surface area contributed by atoms with Crippen LogP contribution in [0.5, 0.6) is 0 Å². The van der Waals surface area contributed by atoms with Gasteiger partial charge in [0.2, 0.25) is 0 Å². The molecule has 3 heteroatoms. The van der Waals surface area contributed by atoms with Crippen LogP contribution in [-0.4, -0.2) is 6.04 Å². The van der Waals surface area contributed by atoms with Crippen LogP contribution in [-0.2, 0) is 0 Å². The molecule has 0 amide bonds. The summed E-state index contributed by atoms with van der Waals surface area (Å²) >= 11 is 0. The first kappa shape index (κ1) is 15.8. The first-order valence-corrected chi connectivity index (χ1v) is 8.34. The second-order valence-corrected chi connectivity index (χ2v) is 6.92. The Morgan fingerprint density at radius 2 is 1.20 bits per heavy atom. The molecule has 0 bridgehead atoms. The van der Waals surface area contributed by atoms with Gasteiger partial charge in [-0.3, -0.25) is 0 Å². The summed E-state index contributed by atoms with van der Waals surface area (Å²) in [7, 11) is -0.537. The van der Waals surface area contributed by atoms with Crippen LogP contribution in [0.2, 0.25) is 0 Å². The molecule has 2 aromatic carbocycles. The van der Waals surface area contributed by atoms with Gasteiger partial charge in [0.25, 0.3) is 0 Å². The van der Waals surface area contributed by atoms with Crippen molar-refractivity contribution in [2.75, 3.05) is 0 Å². The van der Waals surface area contributed by atoms with E-state index >= 15 is 0 Å². The maximum atomic E-state index is 5.18. The van der Waals surface area contributed by atoms with Crippen molar-refractivity contribution < 1.29 is 18.9 Å². The van der Waals surface area contributed by atoms with Gasteiger partial charge in [-0.05, 0) is 10.6 Å². The largest absolute Gasteiger partial charge is 1.00 e. The number of nitrogens with zero attached hydrogens (tertiary/aromatic N) is 1. The van der Waals surface area contributed by atoms with Gasteiger partial charge in [-0.1, -0.05) is 86.3 Å². The Morgan fingerprint density at radius 3 is 1.65 bits per heavy atom. The Hall–Kier alpha value is -0.573. The predicted molar refractivity (Wildman–Crippen MR) is 84.7 cm³/mol. The maximum absolute atomic E-state index is 5.18. The van der Waals surface area contributed by atoms with Gasteiger partial charge in [0.1, 0.15) is 0 Å². The van der Waals surface area contributed by atoms with Crippen molar-refractivity contribution in [1.29, 1.82) is 0 Å². The molecule has 3 rings (SSSR count). The average molecular weight is 275 g/mol. The van der Waals surface area contributed by atoms with E-state index in [0.717, 1.165) is 0 Å². The molecule has 0 atom stereocenters. The van der Waals surface area contributed by atoms with E-state index in [1.54, 1.807) is 0 Å². The molecule has 0 radical (unpaired) electrons. The quantitative estimate of drug-likeness (QED) is 0.591. The molecule has 1 nitrogen and oxygen atoms in total. The topological polar surface area (TPSA) is 14.1 Å². The molecule has 0 unspecified atom stereocenters.